The Morgan fingerprint density at radius 2 is 1.88 bits per heavy atom. The fourth-order valence-corrected chi connectivity index (χ4v) is 4.97. The number of fused-ring (bicyclic) bond motifs is 1. The van der Waals surface area contributed by atoms with Gasteiger partial charge >= 0.3 is 6.18 Å². The number of aromatic nitrogens is 5. The van der Waals surface area contributed by atoms with Gasteiger partial charge in [-0.25, -0.2) is 24.1 Å². The van der Waals surface area contributed by atoms with Crippen molar-refractivity contribution < 1.29 is 21.9 Å². The van der Waals surface area contributed by atoms with Crippen molar-refractivity contribution in [2.75, 3.05) is 37.0 Å². The largest absolute Gasteiger partial charge is 0.434 e. The van der Waals surface area contributed by atoms with E-state index in [1.54, 1.807) is 12.3 Å². The number of hydrogen-bond acceptors (Lipinski definition) is 7. The number of anilines is 1. The average molecular weight is 467 g/mol. The van der Waals surface area contributed by atoms with E-state index in [1.807, 2.05) is 4.90 Å². The van der Waals surface area contributed by atoms with Gasteiger partial charge in [-0.15, -0.1) is 0 Å². The van der Waals surface area contributed by atoms with E-state index in [0.717, 1.165) is 51.4 Å². The zero-order chi connectivity index (χ0) is 22.5. The number of imidazole rings is 1. The van der Waals surface area contributed by atoms with Crippen LogP contribution in [0.2, 0.25) is 0 Å². The van der Waals surface area contributed by atoms with Crippen LogP contribution in [-0.4, -0.2) is 70.1 Å². The van der Waals surface area contributed by atoms with Gasteiger partial charge in [-0.1, -0.05) is 0 Å². The fraction of sp³-hybridized carbons (Fsp3) is 0.474. The van der Waals surface area contributed by atoms with Gasteiger partial charge in [0, 0.05) is 30.9 Å². The lowest BCUT2D eigenvalue weighted by Gasteiger charge is -2.54. The van der Waals surface area contributed by atoms with E-state index in [0.29, 0.717) is 11.5 Å². The molecule has 0 amide bonds. The Balaban J connectivity index is 1.33. The number of piperidine rings is 1. The summed E-state index contributed by atoms with van der Waals surface area (Å²) in [5.74, 6) is 1.18. The van der Waals surface area contributed by atoms with Crippen LogP contribution in [0.5, 0.6) is 0 Å². The molecule has 2 aliphatic rings. The van der Waals surface area contributed by atoms with Gasteiger partial charge in [0.05, 0.1) is 12.4 Å². The molecule has 2 fully saturated rings. The molecular formula is C19H20F3N7O2S. The lowest BCUT2D eigenvalue weighted by atomic mass is 9.72. The Bertz CT molecular complexity index is 1170. The highest BCUT2D eigenvalue weighted by Gasteiger charge is 2.45. The van der Waals surface area contributed by atoms with Crippen molar-refractivity contribution in [2.45, 2.75) is 19.0 Å². The first kappa shape index (κ1) is 21.2. The fourth-order valence-electron chi connectivity index (χ4n) is 4.40. The SMILES string of the molecule is O=S(O)CN1CCC2(CC1)CN(c1ccnc(-c3cnc4cnc(C(F)(F)F)cn34)n1)C2. The predicted octanol–water partition coefficient (Wildman–Crippen LogP) is 2.29. The molecule has 0 radical (unpaired) electrons. The molecule has 1 N–H and O–H groups in total. The van der Waals surface area contributed by atoms with E-state index in [1.165, 1.54) is 10.6 Å². The Labute approximate surface area is 183 Å². The van der Waals surface area contributed by atoms with Crippen molar-refractivity contribution in [1.29, 1.82) is 0 Å². The van der Waals surface area contributed by atoms with Crippen molar-refractivity contribution >= 4 is 22.5 Å². The summed E-state index contributed by atoms with van der Waals surface area (Å²) in [5, 5.41) is 0. The number of nitrogens with zero attached hydrogens (tertiary/aromatic N) is 7. The van der Waals surface area contributed by atoms with Gasteiger partial charge in [-0.3, -0.25) is 9.30 Å². The van der Waals surface area contributed by atoms with Gasteiger partial charge in [-0.2, -0.15) is 13.2 Å². The van der Waals surface area contributed by atoms with E-state index in [4.69, 9.17) is 4.55 Å². The van der Waals surface area contributed by atoms with Gasteiger partial charge in [0.1, 0.15) is 17.4 Å². The van der Waals surface area contributed by atoms with Crippen LogP contribution in [0.4, 0.5) is 19.0 Å². The smallest absolute Gasteiger partial charge is 0.355 e. The highest BCUT2D eigenvalue weighted by Crippen LogP contribution is 2.42. The molecule has 3 aromatic heterocycles. The minimum atomic E-state index is -4.56. The molecule has 1 spiro atoms. The van der Waals surface area contributed by atoms with Crippen LogP contribution in [0.1, 0.15) is 18.5 Å². The number of halogens is 3. The van der Waals surface area contributed by atoms with Crippen molar-refractivity contribution in [3.8, 4) is 11.5 Å². The normalized spacial score (nSPS) is 19.9. The third kappa shape index (κ3) is 3.95. The molecule has 1 unspecified atom stereocenters. The zero-order valence-electron chi connectivity index (χ0n) is 16.9. The Morgan fingerprint density at radius 3 is 2.56 bits per heavy atom. The lowest BCUT2D eigenvalue weighted by Crippen LogP contribution is -2.60. The highest BCUT2D eigenvalue weighted by atomic mass is 32.2. The van der Waals surface area contributed by atoms with E-state index >= 15 is 0 Å². The van der Waals surface area contributed by atoms with Crippen molar-refractivity contribution in [3.63, 3.8) is 0 Å². The molecule has 0 aliphatic carbocycles. The van der Waals surface area contributed by atoms with Gasteiger partial charge in [0.15, 0.2) is 28.2 Å². The van der Waals surface area contributed by atoms with Crippen LogP contribution < -0.4 is 4.90 Å². The lowest BCUT2D eigenvalue weighted by molar-refractivity contribution is -0.141. The monoisotopic (exact) mass is 467 g/mol. The zero-order valence-corrected chi connectivity index (χ0v) is 17.7. The molecule has 3 aromatic rings. The number of alkyl halides is 3. The van der Waals surface area contributed by atoms with E-state index in [-0.39, 0.29) is 22.8 Å². The summed E-state index contributed by atoms with van der Waals surface area (Å²) in [7, 11) is 0. The van der Waals surface area contributed by atoms with Crippen LogP contribution in [0.15, 0.2) is 30.9 Å². The second kappa shape index (κ2) is 7.74. The molecule has 2 saturated heterocycles. The molecule has 2 aliphatic heterocycles. The van der Waals surface area contributed by atoms with Crippen LogP contribution in [0, 0.1) is 5.41 Å². The molecule has 0 aromatic carbocycles. The number of hydrogen-bond donors (Lipinski definition) is 1. The summed E-state index contributed by atoms with van der Waals surface area (Å²) in [6, 6.07) is 1.78. The minimum absolute atomic E-state index is 0.162. The molecule has 1 atom stereocenters. The maximum absolute atomic E-state index is 13.1. The minimum Gasteiger partial charge on any atom is -0.355 e. The van der Waals surface area contributed by atoms with Crippen LogP contribution in [0.3, 0.4) is 0 Å². The highest BCUT2D eigenvalue weighted by molar-refractivity contribution is 7.79. The molecule has 0 saturated carbocycles. The molecule has 32 heavy (non-hydrogen) atoms. The summed E-state index contributed by atoms with van der Waals surface area (Å²) in [6.07, 6.45) is 2.33. The quantitative estimate of drug-likeness (QED) is 0.584. The van der Waals surface area contributed by atoms with E-state index in [2.05, 4.69) is 24.8 Å². The Hall–Kier alpha value is -2.64. The van der Waals surface area contributed by atoms with Crippen LogP contribution in [0.25, 0.3) is 17.2 Å². The van der Waals surface area contributed by atoms with Gasteiger partial charge in [0.2, 0.25) is 0 Å². The van der Waals surface area contributed by atoms with Crippen molar-refractivity contribution in [1.82, 2.24) is 29.2 Å². The first-order valence-electron chi connectivity index (χ1n) is 10.0. The van der Waals surface area contributed by atoms with Crippen LogP contribution in [-0.2, 0) is 17.3 Å². The molecule has 5 rings (SSSR count). The van der Waals surface area contributed by atoms with Crippen molar-refractivity contribution in [3.05, 3.63) is 36.5 Å². The summed E-state index contributed by atoms with van der Waals surface area (Å²) >= 11 is -1.82. The molecule has 0 bridgehead atoms. The summed E-state index contributed by atoms with van der Waals surface area (Å²) in [6.45, 7) is 3.20. The standard InChI is InChI=1S/C19H20F3N7O2S/c20-19(21,22)14-9-29-13(7-25-16(29)8-24-14)17-23-4-1-15(26-17)28-10-18(11-28)2-5-27(6-3-18)12-32(30)31/h1,4,7-9H,2-3,5-6,10-12H2,(H,30,31). The molecular weight excluding hydrogens is 447 g/mol. The Kier molecular flexibility index (Phi) is 5.13. The number of likely N-dealkylation sites (tertiary alicyclic amines) is 1. The predicted molar refractivity (Wildman–Crippen MR) is 110 cm³/mol. The van der Waals surface area contributed by atoms with Crippen molar-refractivity contribution in [2.24, 2.45) is 5.41 Å². The van der Waals surface area contributed by atoms with E-state index in [9.17, 15) is 17.4 Å². The van der Waals surface area contributed by atoms with E-state index < -0.39 is 23.0 Å². The second-order valence-electron chi connectivity index (χ2n) is 8.31. The average Bonchev–Trinajstić information content (AvgIpc) is 3.15. The first-order chi connectivity index (χ1) is 15.2. The van der Waals surface area contributed by atoms with Gasteiger partial charge in [-0.05, 0) is 32.0 Å². The maximum atomic E-state index is 13.1. The first-order valence-corrected chi connectivity index (χ1v) is 11.3. The molecule has 5 heterocycles. The second-order valence-corrected chi connectivity index (χ2v) is 9.21. The third-order valence-electron chi connectivity index (χ3n) is 6.14. The number of rotatable bonds is 4. The summed E-state index contributed by atoms with van der Waals surface area (Å²) in [4.78, 5) is 20.5. The summed E-state index contributed by atoms with van der Waals surface area (Å²) in [5.41, 5.74) is -0.216. The third-order valence-corrected chi connectivity index (χ3v) is 6.73. The molecule has 9 nitrogen and oxygen atoms in total. The van der Waals surface area contributed by atoms with Gasteiger partial charge in [0.25, 0.3) is 0 Å². The van der Waals surface area contributed by atoms with Crippen LogP contribution >= 0.6 is 0 Å². The maximum Gasteiger partial charge on any atom is 0.434 e. The van der Waals surface area contributed by atoms with Gasteiger partial charge < -0.3 is 9.45 Å². The molecule has 170 valence electrons. The summed E-state index contributed by atoms with van der Waals surface area (Å²) < 4.78 is 60.6. The topological polar surface area (TPSA) is 99.8 Å². The Morgan fingerprint density at radius 1 is 1.12 bits per heavy atom. The molecule has 13 heteroatoms.